The van der Waals surface area contributed by atoms with E-state index in [2.05, 4.69) is 36.8 Å². The highest BCUT2D eigenvalue weighted by Gasteiger charge is 2.24. The molecule has 1 aromatic heterocycles. The zero-order valence-corrected chi connectivity index (χ0v) is 14.0. The second kappa shape index (κ2) is 7.47. The first kappa shape index (κ1) is 15.9. The normalized spacial score (nSPS) is 11.7. The lowest BCUT2D eigenvalue weighted by Crippen LogP contribution is -2.16. The molecule has 0 saturated heterocycles. The monoisotopic (exact) mass is 411 g/mol. The molecule has 1 unspecified atom stereocenters. The van der Waals surface area contributed by atoms with Crippen molar-refractivity contribution in [2.45, 2.75) is 11.4 Å². The quantitative estimate of drug-likeness (QED) is 0.411. The summed E-state index contributed by atoms with van der Waals surface area (Å²) in [7, 11) is 0. The zero-order chi connectivity index (χ0) is 15.2. The van der Waals surface area contributed by atoms with Crippen LogP contribution in [0, 0.1) is 0 Å². The Kier molecular flexibility index (Phi) is 5.64. The van der Waals surface area contributed by atoms with E-state index in [1.54, 1.807) is 30.3 Å². The molecule has 0 amide bonds. The first-order valence-corrected chi connectivity index (χ1v) is 7.97. The SMILES string of the molecule is O=COC(C(=O)c1cnc(CBr)c(Br)c1)c1ccccc1. The van der Waals surface area contributed by atoms with Gasteiger partial charge in [-0.15, -0.1) is 0 Å². The van der Waals surface area contributed by atoms with Crippen molar-refractivity contribution in [3.05, 3.63) is 63.9 Å². The van der Waals surface area contributed by atoms with Crippen molar-refractivity contribution in [2.75, 3.05) is 0 Å². The van der Waals surface area contributed by atoms with Crippen molar-refractivity contribution >= 4 is 44.1 Å². The minimum atomic E-state index is -0.966. The second-order valence-corrected chi connectivity index (χ2v) is 5.59. The summed E-state index contributed by atoms with van der Waals surface area (Å²) in [6.45, 7) is 0.283. The zero-order valence-electron chi connectivity index (χ0n) is 10.8. The maximum Gasteiger partial charge on any atom is 0.294 e. The average molecular weight is 413 g/mol. The van der Waals surface area contributed by atoms with Crippen molar-refractivity contribution in [1.29, 1.82) is 0 Å². The van der Waals surface area contributed by atoms with Crippen molar-refractivity contribution in [3.63, 3.8) is 0 Å². The minimum Gasteiger partial charge on any atom is -0.451 e. The van der Waals surface area contributed by atoms with Gasteiger partial charge in [-0.05, 0) is 22.0 Å². The second-order valence-electron chi connectivity index (χ2n) is 4.17. The third-order valence-corrected chi connectivity index (χ3v) is 4.08. The van der Waals surface area contributed by atoms with Crippen LogP contribution in [0.4, 0.5) is 0 Å². The number of hydrogen-bond donors (Lipinski definition) is 0. The largest absolute Gasteiger partial charge is 0.451 e. The number of alkyl halides is 1. The fraction of sp³-hybridized carbons (Fsp3) is 0.133. The fourth-order valence-corrected chi connectivity index (χ4v) is 3.14. The number of pyridine rings is 1. The summed E-state index contributed by atoms with van der Waals surface area (Å²) in [5.41, 5.74) is 1.79. The number of carbonyl (C=O) groups is 2. The summed E-state index contributed by atoms with van der Waals surface area (Å²) in [5, 5.41) is 0.578. The number of nitrogens with zero attached hydrogens (tertiary/aromatic N) is 1. The van der Waals surface area contributed by atoms with Crippen LogP contribution in [-0.2, 0) is 14.9 Å². The molecular formula is C15H11Br2NO3. The van der Waals surface area contributed by atoms with Crippen molar-refractivity contribution in [3.8, 4) is 0 Å². The fourth-order valence-electron chi connectivity index (χ4n) is 1.83. The van der Waals surface area contributed by atoms with Gasteiger partial charge in [0.2, 0.25) is 5.78 Å². The first-order chi connectivity index (χ1) is 10.2. The molecule has 0 radical (unpaired) electrons. The molecule has 2 rings (SSSR count). The van der Waals surface area contributed by atoms with E-state index in [1.807, 2.05) is 6.07 Å². The number of benzene rings is 1. The average Bonchev–Trinajstić information content (AvgIpc) is 2.52. The Hall–Kier alpha value is -1.53. The number of aromatic nitrogens is 1. The third-order valence-electron chi connectivity index (χ3n) is 2.86. The van der Waals surface area contributed by atoms with E-state index in [0.717, 1.165) is 10.2 Å². The first-order valence-electron chi connectivity index (χ1n) is 6.06. The molecule has 1 heterocycles. The summed E-state index contributed by atoms with van der Waals surface area (Å²) in [6, 6.07) is 10.5. The van der Waals surface area contributed by atoms with E-state index in [9.17, 15) is 9.59 Å². The van der Waals surface area contributed by atoms with E-state index in [0.29, 0.717) is 16.5 Å². The van der Waals surface area contributed by atoms with Gasteiger partial charge in [-0.3, -0.25) is 14.6 Å². The smallest absolute Gasteiger partial charge is 0.294 e. The van der Waals surface area contributed by atoms with Crippen LogP contribution >= 0.6 is 31.9 Å². The van der Waals surface area contributed by atoms with Gasteiger partial charge in [-0.25, -0.2) is 0 Å². The highest BCUT2D eigenvalue weighted by molar-refractivity contribution is 9.10. The van der Waals surface area contributed by atoms with Crippen LogP contribution < -0.4 is 0 Å². The number of ether oxygens (including phenoxy) is 1. The molecule has 4 nitrogen and oxygen atoms in total. The van der Waals surface area contributed by atoms with Crippen LogP contribution in [0.5, 0.6) is 0 Å². The van der Waals surface area contributed by atoms with Crippen LogP contribution in [-0.4, -0.2) is 17.2 Å². The molecule has 108 valence electrons. The van der Waals surface area contributed by atoms with Gasteiger partial charge in [-0.1, -0.05) is 46.3 Å². The highest BCUT2D eigenvalue weighted by atomic mass is 79.9. The lowest BCUT2D eigenvalue weighted by molar-refractivity contribution is -0.132. The number of rotatable bonds is 6. The van der Waals surface area contributed by atoms with Crippen LogP contribution in [0.15, 0.2) is 47.1 Å². The Labute approximate surface area is 138 Å². The van der Waals surface area contributed by atoms with Crippen molar-refractivity contribution in [2.24, 2.45) is 0 Å². The molecule has 1 atom stereocenters. The summed E-state index contributed by atoms with van der Waals surface area (Å²) < 4.78 is 5.68. The van der Waals surface area contributed by atoms with Crippen LogP contribution in [0.1, 0.15) is 27.7 Å². The van der Waals surface area contributed by atoms with Gasteiger partial charge >= 0.3 is 0 Å². The number of halogens is 2. The molecule has 0 N–H and O–H groups in total. The molecule has 0 aliphatic rings. The summed E-state index contributed by atoms with van der Waals surface area (Å²) in [4.78, 5) is 27.4. The Bertz CT molecular complexity index is 647. The minimum absolute atomic E-state index is 0.283. The predicted octanol–water partition coefficient (Wildman–Crippen LogP) is 3.84. The molecule has 0 spiro atoms. The molecule has 2 aromatic rings. The lowest BCUT2D eigenvalue weighted by Gasteiger charge is -2.14. The van der Waals surface area contributed by atoms with Gasteiger partial charge in [0.25, 0.3) is 6.47 Å². The van der Waals surface area contributed by atoms with Crippen LogP contribution in [0.3, 0.4) is 0 Å². The van der Waals surface area contributed by atoms with Gasteiger partial charge in [0.15, 0.2) is 6.10 Å². The summed E-state index contributed by atoms with van der Waals surface area (Å²) in [6.07, 6.45) is 0.514. The molecule has 0 bridgehead atoms. The van der Waals surface area contributed by atoms with Gasteiger partial charge in [0.05, 0.1) is 5.69 Å². The number of Topliss-reactive ketones (excluding diaryl/α,β-unsaturated/α-hetero) is 1. The third kappa shape index (κ3) is 3.77. The molecule has 1 aromatic carbocycles. The van der Waals surface area contributed by atoms with Crippen molar-refractivity contribution in [1.82, 2.24) is 4.98 Å². The molecular weight excluding hydrogens is 402 g/mol. The maximum atomic E-state index is 12.5. The van der Waals surface area contributed by atoms with Crippen LogP contribution in [0.2, 0.25) is 0 Å². The molecule has 0 aliphatic heterocycles. The van der Waals surface area contributed by atoms with Crippen molar-refractivity contribution < 1.29 is 14.3 Å². The Balaban J connectivity index is 2.35. The Morgan fingerprint density at radius 3 is 2.62 bits per heavy atom. The van der Waals surface area contributed by atoms with E-state index >= 15 is 0 Å². The molecule has 0 saturated carbocycles. The number of ketones is 1. The standard InChI is InChI=1S/C15H11Br2NO3/c16-7-13-12(17)6-11(8-18-13)14(20)15(21-9-19)10-4-2-1-3-5-10/h1-6,8-9,15H,7H2. The predicted molar refractivity (Wildman–Crippen MR) is 85.2 cm³/mol. The molecule has 0 fully saturated rings. The van der Waals surface area contributed by atoms with Gasteiger partial charge in [-0.2, -0.15) is 0 Å². The number of hydrogen-bond acceptors (Lipinski definition) is 4. The van der Waals surface area contributed by atoms with Gasteiger partial charge in [0.1, 0.15) is 0 Å². The molecule has 0 aliphatic carbocycles. The molecule has 6 heteroatoms. The topological polar surface area (TPSA) is 56.3 Å². The summed E-state index contributed by atoms with van der Waals surface area (Å²) >= 11 is 6.68. The van der Waals surface area contributed by atoms with E-state index in [-0.39, 0.29) is 12.3 Å². The summed E-state index contributed by atoms with van der Waals surface area (Å²) in [5.74, 6) is -0.317. The lowest BCUT2D eigenvalue weighted by atomic mass is 10.0. The van der Waals surface area contributed by atoms with Crippen LogP contribution in [0.25, 0.3) is 0 Å². The molecule has 21 heavy (non-hydrogen) atoms. The maximum absolute atomic E-state index is 12.5. The van der Waals surface area contributed by atoms with Gasteiger partial charge < -0.3 is 4.74 Å². The van der Waals surface area contributed by atoms with E-state index in [1.165, 1.54) is 6.20 Å². The Morgan fingerprint density at radius 2 is 2.05 bits per heavy atom. The van der Waals surface area contributed by atoms with E-state index < -0.39 is 6.10 Å². The number of carbonyl (C=O) groups excluding carboxylic acids is 2. The van der Waals surface area contributed by atoms with E-state index in [4.69, 9.17) is 4.74 Å². The van der Waals surface area contributed by atoms with Gasteiger partial charge in [0, 0.05) is 27.1 Å². The Morgan fingerprint density at radius 1 is 1.33 bits per heavy atom. The highest BCUT2D eigenvalue weighted by Crippen LogP contribution is 2.24.